The number of thioether (sulfide) groups is 1. The predicted octanol–water partition coefficient (Wildman–Crippen LogP) is 5.38. The highest BCUT2D eigenvalue weighted by atomic mass is 32.2. The van der Waals surface area contributed by atoms with Crippen LogP contribution in [0.1, 0.15) is 24.8 Å². The van der Waals surface area contributed by atoms with Gasteiger partial charge in [-0.1, -0.05) is 78.5 Å². The second-order valence-corrected chi connectivity index (χ2v) is 7.39. The van der Waals surface area contributed by atoms with E-state index in [9.17, 15) is 0 Å². The molecule has 0 bridgehead atoms. The molecule has 0 radical (unpaired) electrons. The fourth-order valence-corrected chi connectivity index (χ4v) is 4.04. The third kappa shape index (κ3) is 4.55. The molecule has 5 heteroatoms. The second kappa shape index (κ2) is 8.82. The summed E-state index contributed by atoms with van der Waals surface area (Å²) < 4.78 is 2.25. The van der Waals surface area contributed by atoms with Crippen LogP contribution < -0.4 is 0 Å². The molecule has 1 aliphatic rings. The molecular formula is C22H22N4S. The maximum absolute atomic E-state index is 4.50. The van der Waals surface area contributed by atoms with Crippen LogP contribution >= 0.6 is 11.8 Å². The Balaban J connectivity index is 1.52. The zero-order valence-electron chi connectivity index (χ0n) is 15.2. The van der Waals surface area contributed by atoms with Crippen LogP contribution in [0, 0.1) is 0 Å². The summed E-state index contributed by atoms with van der Waals surface area (Å²) in [6.45, 7) is 0.890. The zero-order valence-corrected chi connectivity index (χ0v) is 16.0. The highest BCUT2D eigenvalue weighted by molar-refractivity contribution is 7.98. The van der Waals surface area contributed by atoms with Gasteiger partial charge in [-0.3, -0.25) is 4.99 Å². The molecule has 0 aliphatic carbocycles. The number of rotatable bonds is 8. The highest BCUT2D eigenvalue weighted by Crippen LogP contribution is 2.27. The standard InChI is InChI=1S/C22H22N4S/c1-3-9-18(10-4-1)17-27-22-25-24-21(19-11-5-2-6-12-19)26(22)16-8-14-20-13-7-15-23-20/h1-6,9-13,15H,7-8,14,16-17H2. The van der Waals surface area contributed by atoms with Crippen LogP contribution in [-0.2, 0) is 12.3 Å². The molecule has 0 amide bonds. The van der Waals surface area contributed by atoms with Gasteiger partial charge in [0.2, 0.25) is 0 Å². The van der Waals surface area contributed by atoms with Crippen LogP contribution in [0.25, 0.3) is 11.4 Å². The Morgan fingerprint density at radius 2 is 1.70 bits per heavy atom. The zero-order chi connectivity index (χ0) is 18.3. The van der Waals surface area contributed by atoms with E-state index in [1.54, 1.807) is 11.8 Å². The number of benzene rings is 2. The fourth-order valence-electron chi connectivity index (χ4n) is 3.12. The molecule has 27 heavy (non-hydrogen) atoms. The van der Waals surface area contributed by atoms with E-state index in [4.69, 9.17) is 0 Å². The van der Waals surface area contributed by atoms with Crippen molar-refractivity contribution >= 4 is 18.0 Å². The first kappa shape index (κ1) is 17.7. The Morgan fingerprint density at radius 3 is 2.44 bits per heavy atom. The molecule has 136 valence electrons. The molecule has 2 aromatic carbocycles. The number of hydrogen-bond acceptors (Lipinski definition) is 4. The van der Waals surface area contributed by atoms with Crippen molar-refractivity contribution in [3.8, 4) is 11.4 Å². The van der Waals surface area contributed by atoms with Gasteiger partial charge in [0.1, 0.15) is 0 Å². The minimum atomic E-state index is 0.890. The van der Waals surface area contributed by atoms with Crippen molar-refractivity contribution in [2.24, 2.45) is 4.99 Å². The number of aromatic nitrogens is 3. The third-order valence-electron chi connectivity index (χ3n) is 4.49. The first-order chi connectivity index (χ1) is 13.4. The van der Waals surface area contributed by atoms with Gasteiger partial charge >= 0.3 is 0 Å². The summed E-state index contributed by atoms with van der Waals surface area (Å²) in [5, 5.41) is 9.96. The lowest BCUT2D eigenvalue weighted by Crippen LogP contribution is -2.03. The highest BCUT2D eigenvalue weighted by Gasteiger charge is 2.14. The SMILES string of the molecule is C1=NC(CCCn2c(SCc3ccccc3)nnc2-c2ccccc2)=CC1. The van der Waals surface area contributed by atoms with E-state index >= 15 is 0 Å². The van der Waals surface area contributed by atoms with E-state index in [0.717, 1.165) is 48.1 Å². The molecule has 1 aliphatic heterocycles. The van der Waals surface area contributed by atoms with Crippen LogP contribution in [0.2, 0.25) is 0 Å². The Bertz CT molecular complexity index is 929. The molecule has 3 aromatic rings. The monoisotopic (exact) mass is 374 g/mol. The number of aliphatic imine (C=N–C) groups is 1. The topological polar surface area (TPSA) is 43.1 Å². The third-order valence-corrected chi connectivity index (χ3v) is 5.53. The van der Waals surface area contributed by atoms with Crippen molar-refractivity contribution < 1.29 is 0 Å². The normalized spacial score (nSPS) is 13.1. The van der Waals surface area contributed by atoms with Crippen molar-refractivity contribution in [1.82, 2.24) is 14.8 Å². The average Bonchev–Trinajstić information content (AvgIpc) is 3.38. The van der Waals surface area contributed by atoms with Gasteiger partial charge in [-0.2, -0.15) is 0 Å². The molecule has 0 spiro atoms. The molecule has 1 aromatic heterocycles. The van der Waals surface area contributed by atoms with Gasteiger partial charge in [-0.05, 0) is 18.4 Å². The van der Waals surface area contributed by atoms with E-state index in [1.165, 1.54) is 11.3 Å². The predicted molar refractivity (Wildman–Crippen MR) is 112 cm³/mol. The van der Waals surface area contributed by atoms with Crippen LogP contribution in [-0.4, -0.2) is 21.0 Å². The quantitative estimate of drug-likeness (QED) is 0.497. The van der Waals surface area contributed by atoms with Crippen LogP contribution in [0.5, 0.6) is 0 Å². The second-order valence-electron chi connectivity index (χ2n) is 6.44. The van der Waals surface area contributed by atoms with E-state index in [2.05, 4.69) is 62.2 Å². The Morgan fingerprint density at radius 1 is 0.926 bits per heavy atom. The molecule has 0 atom stereocenters. The summed E-state index contributed by atoms with van der Waals surface area (Å²) in [5.74, 6) is 1.83. The first-order valence-corrected chi connectivity index (χ1v) is 10.3. The summed E-state index contributed by atoms with van der Waals surface area (Å²) in [6, 6.07) is 20.8. The number of nitrogens with zero attached hydrogens (tertiary/aromatic N) is 4. The molecule has 0 saturated carbocycles. The van der Waals surface area contributed by atoms with Gasteiger partial charge in [-0.25, -0.2) is 0 Å². The summed E-state index contributed by atoms with van der Waals surface area (Å²) in [7, 11) is 0. The summed E-state index contributed by atoms with van der Waals surface area (Å²) >= 11 is 1.74. The lowest BCUT2D eigenvalue weighted by Gasteiger charge is -2.10. The Labute approximate surface area is 164 Å². The average molecular weight is 375 g/mol. The van der Waals surface area contributed by atoms with Gasteiger partial charge in [-0.15, -0.1) is 10.2 Å². The van der Waals surface area contributed by atoms with Crippen molar-refractivity contribution in [3.63, 3.8) is 0 Å². The van der Waals surface area contributed by atoms with Crippen molar-refractivity contribution in [1.29, 1.82) is 0 Å². The van der Waals surface area contributed by atoms with Crippen molar-refractivity contribution in [2.45, 2.75) is 36.7 Å². The van der Waals surface area contributed by atoms with E-state index < -0.39 is 0 Å². The van der Waals surface area contributed by atoms with Crippen LogP contribution in [0.15, 0.2) is 82.6 Å². The Hall–Kier alpha value is -2.66. The largest absolute Gasteiger partial charge is 0.302 e. The van der Waals surface area contributed by atoms with E-state index in [1.807, 2.05) is 30.5 Å². The van der Waals surface area contributed by atoms with Gasteiger partial charge in [0, 0.05) is 36.2 Å². The van der Waals surface area contributed by atoms with E-state index in [0.29, 0.717) is 0 Å². The summed E-state index contributed by atoms with van der Waals surface area (Å²) in [5.41, 5.74) is 3.60. The summed E-state index contributed by atoms with van der Waals surface area (Å²) in [6.07, 6.45) is 7.17. The van der Waals surface area contributed by atoms with Crippen LogP contribution in [0.4, 0.5) is 0 Å². The number of allylic oxidation sites excluding steroid dienone is 2. The molecule has 0 fully saturated rings. The van der Waals surface area contributed by atoms with Gasteiger partial charge in [0.25, 0.3) is 0 Å². The maximum atomic E-state index is 4.50. The Kier molecular flexibility index (Phi) is 5.80. The molecular weight excluding hydrogens is 352 g/mol. The number of hydrogen-bond donors (Lipinski definition) is 0. The van der Waals surface area contributed by atoms with Gasteiger partial charge < -0.3 is 4.57 Å². The van der Waals surface area contributed by atoms with Gasteiger partial charge in [0.05, 0.1) is 0 Å². The van der Waals surface area contributed by atoms with Crippen molar-refractivity contribution in [2.75, 3.05) is 0 Å². The molecule has 0 N–H and O–H groups in total. The minimum absolute atomic E-state index is 0.890. The summed E-state index contributed by atoms with van der Waals surface area (Å²) in [4.78, 5) is 4.42. The molecule has 4 rings (SSSR count). The molecule has 2 heterocycles. The maximum Gasteiger partial charge on any atom is 0.191 e. The first-order valence-electron chi connectivity index (χ1n) is 9.27. The van der Waals surface area contributed by atoms with Gasteiger partial charge in [0.15, 0.2) is 11.0 Å². The van der Waals surface area contributed by atoms with E-state index in [-0.39, 0.29) is 0 Å². The smallest absolute Gasteiger partial charge is 0.191 e. The lowest BCUT2D eigenvalue weighted by atomic mass is 10.2. The fraction of sp³-hybridized carbons (Fsp3) is 0.227. The molecule has 4 nitrogen and oxygen atoms in total. The lowest BCUT2D eigenvalue weighted by molar-refractivity contribution is 0.597. The molecule has 0 unspecified atom stereocenters. The molecule has 0 saturated heterocycles. The van der Waals surface area contributed by atoms with Crippen LogP contribution in [0.3, 0.4) is 0 Å². The minimum Gasteiger partial charge on any atom is -0.302 e. The van der Waals surface area contributed by atoms with Crippen molar-refractivity contribution in [3.05, 3.63) is 78.0 Å².